The molecule has 0 aromatic carbocycles. The summed E-state index contributed by atoms with van der Waals surface area (Å²) in [5.41, 5.74) is 0.486. The van der Waals surface area contributed by atoms with Gasteiger partial charge in [-0.3, -0.25) is 0 Å². The van der Waals surface area contributed by atoms with Crippen molar-refractivity contribution >= 4 is 5.82 Å². The van der Waals surface area contributed by atoms with Gasteiger partial charge in [0.25, 0.3) is 0 Å². The summed E-state index contributed by atoms with van der Waals surface area (Å²) < 4.78 is 0. The number of nitriles is 1. The van der Waals surface area contributed by atoms with Crippen LogP contribution >= 0.6 is 0 Å². The van der Waals surface area contributed by atoms with Gasteiger partial charge in [-0.15, -0.1) is 0 Å². The van der Waals surface area contributed by atoms with Crippen molar-refractivity contribution in [2.24, 2.45) is 5.92 Å². The Morgan fingerprint density at radius 3 is 2.79 bits per heavy atom. The zero-order valence-electron chi connectivity index (χ0n) is 8.70. The fourth-order valence-electron chi connectivity index (χ4n) is 1.15. The molecule has 0 unspecified atom stereocenters. The molecule has 1 aromatic rings. The quantitative estimate of drug-likeness (QED) is 0.786. The second-order valence-electron chi connectivity index (χ2n) is 3.51. The van der Waals surface area contributed by atoms with E-state index in [1.165, 1.54) is 0 Å². The molecule has 0 aliphatic heterocycles. The molecule has 0 amide bonds. The van der Waals surface area contributed by atoms with Crippen LogP contribution in [0.5, 0.6) is 0 Å². The van der Waals surface area contributed by atoms with Gasteiger partial charge in [0.15, 0.2) is 0 Å². The number of hydrogen-bond donors (Lipinski definition) is 1. The van der Waals surface area contributed by atoms with E-state index in [0.29, 0.717) is 17.3 Å². The first-order chi connectivity index (χ1) is 6.67. The lowest BCUT2D eigenvalue weighted by Crippen LogP contribution is -2.05. The summed E-state index contributed by atoms with van der Waals surface area (Å²) in [4.78, 5) is 8.38. The van der Waals surface area contributed by atoms with Crippen molar-refractivity contribution in [3.63, 3.8) is 0 Å². The molecule has 0 atom stereocenters. The molecule has 1 rings (SSSR count). The molecule has 4 nitrogen and oxygen atoms in total. The zero-order valence-corrected chi connectivity index (χ0v) is 8.70. The third kappa shape index (κ3) is 2.43. The van der Waals surface area contributed by atoms with E-state index in [0.717, 1.165) is 12.2 Å². The molecule has 1 aromatic heterocycles. The minimum atomic E-state index is 0.486. The summed E-state index contributed by atoms with van der Waals surface area (Å²) in [6.07, 6.45) is 2.40. The molecule has 0 radical (unpaired) electrons. The van der Waals surface area contributed by atoms with Crippen molar-refractivity contribution in [1.82, 2.24) is 9.97 Å². The number of rotatable bonds is 3. The van der Waals surface area contributed by atoms with Crippen molar-refractivity contribution in [3.8, 4) is 6.07 Å². The number of nitrogens with one attached hydrogen (secondary N) is 1. The average molecular weight is 190 g/mol. The SMILES string of the molecule is CNc1nc(CC(C)C)ncc1C#N. The molecule has 74 valence electrons. The van der Waals surface area contributed by atoms with Crippen LogP contribution in [0.3, 0.4) is 0 Å². The van der Waals surface area contributed by atoms with Crippen LogP contribution in [-0.4, -0.2) is 17.0 Å². The van der Waals surface area contributed by atoms with Crippen molar-refractivity contribution in [2.45, 2.75) is 20.3 Å². The standard InChI is InChI=1S/C10H14N4/c1-7(2)4-9-13-6-8(5-11)10(12-3)14-9/h6-7H,4H2,1-3H3,(H,12,13,14). The molecule has 0 fully saturated rings. The topological polar surface area (TPSA) is 61.6 Å². The molecule has 0 bridgehead atoms. The maximum atomic E-state index is 8.75. The Morgan fingerprint density at radius 1 is 1.57 bits per heavy atom. The van der Waals surface area contributed by atoms with Crippen molar-refractivity contribution < 1.29 is 0 Å². The van der Waals surface area contributed by atoms with Crippen LogP contribution in [0.4, 0.5) is 5.82 Å². The monoisotopic (exact) mass is 190 g/mol. The van der Waals surface area contributed by atoms with Gasteiger partial charge in [0, 0.05) is 13.5 Å². The number of anilines is 1. The fourth-order valence-corrected chi connectivity index (χ4v) is 1.15. The zero-order chi connectivity index (χ0) is 10.6. The lowest BCUT2D eigenvalue weighted by molar-refractivity contribution is 0.621. The Bertz CT molecular complexity index is 352. The molecule has 0 spiro atoms. The fraction of sp³-hybridized carbons (Fsp3) is 0.500. The van der Waals surface area contributed by atoms with Crippen LogP contribution in [0.1, 0.15) is 25.2 Å². The minimum absolute atomic E-state index is 0.486. The van der Waals surface area contributed by atoms with E-state index in [1.807, 2.05) is 6.07 Å². The second-order valence-corrected chi connectivity index (χ2v) is 3.51. The first-order valence-corrected chi connectivity index (χ1v) is 4.61. The highest BCUT2D eigenvalue weighted by atomic mass is 15.0. The number of nitrogens with zero attached hydrogens (tertiary/aromatic N) is 3. The molecule has 0 aliphatic rings. The van der Waals surface area contributed by atoms with Gasteiger partial charge in [0.2, 0.25) is 0 Å². The highest BCUT2D eigenvalue weighted by Crippen LogP contribution is 2.11. The molecular weight excluding hydrogens is 176 g/mol. The average Bonchev–Trinajstić information content (AvgIpc) is 2.16. The Morgan fingerprint density at radius 2 is 2.29 bits per heavy atom. The van der Waals surface area contributed by atoms with Crippen molar-refractivity contribution in [2.75, 3.05) is 12.4 Å². The lowest BCUT2D eigenvalue weighted by atomic mass is 10.1. The predicted octanol–water partition coefficient (Wildman–Crippen LogP) is 1.59. The third-order valence-electron chi connectivity index (χ3n) is 1.79. The maximum absolute atomic E-state index is 8.75. The molecule has 14 heavy (non-hydrogen) atoms. The van der Waals surface area contributed by atoms with E-state index < -0.39 is 0 Å². The van der Waals surface area contributed by atoms with Crippen LogP contribution in [0.25, 0.3) is 0 Å². The van der Waals surface area contributed by atoms with Gasteiger partial charge in [-0.2, -0.15) is 5.26 Å². The van der Waals surface area contributed by atoms with Crippen LogP contribution in [0.2, 0.25) is 0 Å². The van der Waals surface area contributed by atoms with Crippen molar-refractivity contribution in [1.29, 1.82) is 5.26 Å². The Balaban J connectivity index is 2.97. The highest BCUT2D eigenvalue weighted by Gasteiger charge is 2.06. The summed E-state index contributed by atoms with van der Waals surface area (Å²) in [5, 5.41) is 11.6. The molecule has 1 heterocycles. The summed E-state index contributed by atoms with van der Waals surface area (Å²) in [5.74, 6) is 1.91. The maximum Gasteiger partial charge on any atom is 0.147 e. The van der Waals surface area contributed by atoms with Gasteiger partial charge in [0.1, 0.15) is 23.3 Å². The van der Waals surface area contributed by atoms with Gasteiger partial charge in [-0.05, 0) is 5.92 Å². The lowest BCUT2D eigenvalue weighted by Gasteiger charge is -2.06. The smallest absolute Gasteiger partial charge is 0.147 e. The van der Waals surface area contributed by atoms with Crippen molar-refractivity contribution in [3.05, 3.63) is 17.6 Å². The molecule has 0 saturated heterocycles. The molecule has 0 aliphatic carbocycles. The minimum Gasteiger partial charge on any atom is -0.372 e. The third-order valence-corrected chi connectivity index (χ3v) is 1.79. The largest absolute Gasteiger partial charge is 0.372 e. The van der Waals surface area contributed by atoms with E-state index in [4.69, 9.17) is 5.26 Å². The molecule has 1 N–H and O–H groups in total. The van der Waals surface area contributed by atoms with Crippen LogP contribution in [-0.2, 0) is 6.42 Å². The Hall–Kier alpha value is -1.63. The van der Waals surface area contributed by atoms with E-state index in [2.05, 4.69) is 29.1 Å². The summed E-state index contributed by atoms with van der Waals surface area (Å²) in [6.45, 7) is 4.22. The van der Waals surface area contributed by atoms with E-state index in [1.54, 1.807) is 13.2 Å². The first kappa shape index (κ1) is 10.5. The van der Waals surface area contributed by atoms with Gasteiger partial charge in [-0.25, -0.2) is 9.97 Å². The Kier molecular flexibility index (Phi) is 3.41. The van der Waals surface area contributed by atoms with Gasteiger partial charge in [-0.1, -0.05) is 13.8 Å². The molecule has 0 saturated carbocycles. The summed E-state index contributed by atoms with van der Waals surface area (Å²) >= 11 is 0. The van der Waals surface area contributed by atoms with E-state index >= 15 is 0 Å². The summed E-state index contributed by atoms with van der Waals surface area (Å²) in [6, 6.07) is 2.04. The highest BCUT2D eigenvalue weighted by molar-refractivity contribution is 5.49. The normalized spacial score (nSPS) is 9.93. The first-order valence-electron chi connectivity index (χ1n) is 4.61. The number of hydrogen-bond acceptors (Lipinski definition) is 4. The van der Waals surface area contributed by atoms with Crippen LogP contribution in [0, 0.1) is 17.2 Å². The second kappa shape index (κ2) is 4.56. The van der Waals surface area contributed by atoms with E-state index in [-0.39, 0.29) is 0 Å². The van der Waals surface area contributed by atoms with Gasteiger partial charge in [0.05, 0.1) is 6.20 Å². The van der Waals surface area contributed by atoms with Crippen LogP contribution in [0.15, 0.2) is 6.20 Å². The summed E-state index contributed by atoms with van der Waals surface area (Å²) in [7, 11) is 1.75. The van der Waals surface area contributed by atoms with Gasteiger partial charge >= 0.3 is 0 Å². The Labute approximate surface area is 84.0 Å². The molecular formula is C10H14N4. The molecule has 4 heteroatoms. The van der Waals surface area contributed by atoms with Gasteiger partial charge < -0.3 is 5.32 Å². The van der Waals surface area contributed by atoms with E-state index in [9.17, 15) is 0 Å². The van der Waals surface area contributed by atoms with Crippen LogP contribution < -0.4 is 5.32 Å². The number of aromatic nitrogens is 2. The predicted molar refractivity (Wildman–Crippen MR) is 54.8 cm³/mol.